The van der Waals surface area contributed by atoms with Crippen LogP contribution in [0.2, 0.25) is 0 Å². The minimum atomic E-state index is -1.89. The van der Waals surface area contributed by atoms with E-state index in [1.165, 1.54) is 6.92 Å². The fourth-order valence-electron chi connectivity index (χ4n) is 3.04. The number of carbonyl (C=O) groups excluding carboxylic acids is 4. The molecular formula is C20H18F2N4O4. The molecule has 2 aromatic rings. The predicted molar refractivity (Wildman–Crippen MR) is 101 cm³/mol. The van der Waals surface area contributed by atoms with Gasteiger partial charge in [-0.05, 0) is 30.7 Å². The fraction of sp³-hybridized carbons (Fsp3) is 0.200. The molecule has 8 nitrogen and oxygen atoms in total. The molecule has 0 saturated carbocycles. The summed E-state index contributed by atoms with van der Waals surface area (Å²) in [6.07, 6.45) is 0. The van der Waals surface area contributed by atoms with Gasteiger partial charge >= 0.3 is 12.1 Å². The lowest BCUT2D eigenvalue weighted by molar-refractivity contribution is -0.134. The van der Waals surface area contributed by atoms with Crippen molar-refractivity contribution in [2.24, 2.45) is 0 Å². The third kappa shape index (κ3) is 4.27. The van der Waals surface area contributed by atoms with E-state index in [0.29, 0.717) is 4.90 Å². The third-order valence-electron chi connectivity index (χ3n) is 4.59. The molecule has 0 aromatic heterocycles. The second-order valence-corrected chi connectivity index (χ2v) is 6.79. The van der Waals surface area contributed by atoms with Gasteiger partial charge in [0.1, 0.15) is 23.7 Å². The third-order valence-corrected chi connectivity index (χ3v) is 4.59. The van der Waals surface area contributed by atoms with Crippen molar-refractivity contribution in [3.8, 4) is 0 Å². The van der Waals surface area contributed by atoms with Crippen molar-refractivity contribution in [2.75, 3.05) is 6.54 Å². The number of benzene rings is 2. The predicted octanol–water partition coefficient (Wildman–Crippen LogP) is 1.76. The lowest BCUT2D eigenvalue weighted by Crippen LogP contribution is -2.46. The van der Waals surface area contributed by atoms with Gasteiger partial charge in [-0.2, -0.15) is 0 Å². The molecule has 1 aliphatic heterocycles. The number of halogens is 2. The molecule has 0 aliphatic carbocycles. The van der Waals surface area contributed by atoms with Crippen LogP contribution in [0.15, 0.2) is 48.5 Å². The molecule has 6 amide bonds. The van der Waals surface area contributed by atoms with Crippen LogP contribution in [0.25, 0.3) is 0 Å². The Morgan fingerprint density at radius 2 is 1.80 bits per heavy atom. The molecule has 30 heavy (non-hydrogen) atoms. The number of hydrogen-bond acceptors (Lipinski definition) is 4. The number of amides is 6. The first-order chi connectivity index (χ1) is 14.2. The Kier molecular flexibility index (Phi) is 5.77. The average molecular weight is 416 g/mol. The fourth-order valence-corrected chi connectivity index (χ4v) is 3.04. The maximum absolute atomic E-state index is 14.1. The molecule has 0 unspecified atom stereocenters. The van der Waals surface area contributed by atoms with E-state index < -0.39 is 47.6 Å². The van der Waals surface area contributed by atoms with Crippen LogP contribution >= 0.6 is 0 Å². The van der Waals surface area contributed by atoms with Crippen LogP contribution in [-0.4, -0.2) is 35.3 Å². The zero-order chi connectivity index (χ0) is 21.9. The van der Waals surface area contributed by atoms with Crippen molar-refractivity contribution in [1.82, 2.24) is 20.9 Å². The van der Waals surface area contributed by atoms with Crippen LogP contribution in [0.3, 0.4) is 0 Å². The van der Waals surface area contributed by atoms with Crippen LogP contribution in [-0.2, 0) is 21.7 Å². The minimum Gasteiger partial charge on any atom is -0.334 e. The zero-order valence-electron chi connectivity index (χ0n) is 15.9. The Labute approximate surface area is 170 Å². The van der Waals surface area contributed by atoms with E-state index in [0.717, 1.165) is 23.8 Å². The van der Waals surface area contributed by atoms with E-state index in [1.54, 1.807) is 24.3 Å². The number of imide groups is 2. The molecule has 1 aliphatic rings. The summed E-state index contributed by atoms with van der Waals surface area (Å²) in [6, 6.07) is 9.68. The van der Waals surface area contributed by atoms with Gasteiger partial charge in [0.05, 0.1) is 0 Å². The highest BCUT2D eigenvalue weighted by Gasteiger charge is 2.50. The van der Waals surface area contributed by atoms with Crippen molar-refractivity contribution in [3.63, 3.8) is 0 Å². The molecular weight excluding hydrogens is 398 g/mol. The molecule has 3 N–H and O–H groups in total. The summed E-state index contributed by atoms with van der Waals surface area (Å²) in [4.78, 5) is 49.4. The van der Waals surface area contributed by atoms with E-state index in [1.807, 2.05) is 11.4 Å². The SMILES string of the molecule is C[C@@]1(c2cc(F)ccc2F)NC(=O)N(CC(=O)NC(=O)NCc2ccccc2)C1=O. The average Bonchev–Trinajstić information content (AvgIpc) is 2.93. The summed E-state index contributed by atoms with van der Waals surface area (Å²) >= 11 is 0. The quantitative estimate of drug-likeness (QED) is 0.646. The Bertz CT molecular complexity index is 1020. The van der Waals surface area contributed by atoms with Gasteiger partial charge in [-0.15, -0.1) is 0 Å². The summed E-state index contributed by atoms with van der Waals surface area (Å²) in [7, 11) is 0. The van der Waals surface area contributed by atoms with Gasteiger partial charge < -0.3 is 10.6 Å². The number of urea groups is 2. The van der Waals surface area contributed by atoms with Crippen LogP contribution < -0.4 is 16.0 Å². The molecule has 1 heterocycles. The second-order valence-electron chi connectivity index (χ2n) is 6.79. The topological polar surface area (TPSA) is 108 Å². The Hall–Kier alpha value is -3.82. The Balaban J connectivity index is 1.63. The molecule has 156 valence electrons. The Morgan fingerprint density at radius 1 is 1.10 bits per heavy atom. The van der Waals surface area contributed by atoms with E-state index >= 15 is 0 Å². The van der Waals surface area contributed by atoms with Gasteiger partial charge in [-0.25, -0.2) is 18.4 Å². The summed E-state index contributed by atoms with van der Waals surface area (Å²) in [5, 5.41) is 6.75. The van der Waals surface area contributed by atoms with Crippen LogP contribution in [0, 0.1) is 11.6 Å². The van der Waals surface area contributed by atoms with Crippen molar-refractivity contribution in [2.45, 2.75) is 19.0 Å². The standard InChI is InChI=1S/C20H18F2N4O4/c1-20(14-9-13(21)7-8-15(14)22)17(28)26(19(30)25-20)11-16(27)24-18(29)23-10-12-5-3-2-4-6-12/h2-9H,10-11H2,1H3,(H,25,30)(H2,23,24,27,29)/t20-/m0/s1. The first-order valence-electron chi connectivity index (χ1n) is 8.92. The number of hydrogen-bond donors (Lipinski definition) is 3. The zero-order valence-corrected chi connectivity index (χ0v) is 15.9. The van der Waals surface area contributed by atoms with Crippen molar-refractivity contribution >= 4 is 23.9 Å². The lowest BCUT2D eigenvalue weighted by atomic mass is 9.91. The van der Waals surface area contributed by atoms with E-state index in [2.05, 4.69) is 10.6 Å². The van der Waals surface area contributed by atoms with Crippen LogP contribution in [0.4, 0.5) is 18.4 Å². The van der Waals surface area contributed by atoms with Gasteiger partial charge in [0.2, 0.25) is 5.91 Å². The number of nitrogens with zero attached hydrogens (tertiary/aromatic N) is 1. The highest BCUT2D eigenvalue weighted by molar-refractivity contribution is 6.10. The van der Waals surface area contributed by atoms with Gasteiger partial charge in [-0.1, -0.05) is 30.3 Å². The van der Waals surface area contributed by atoms with Gasteiger partial charge in [0.25, 0.3) is 5.91 Å². The van der Waals surface area contributed by atoms with E-state index in [-0.39, 0.29) is 12.1 Å². The maximum atomic E-state index is 14.1. The number of rotatable bonds is 5. The largest absolute Gasteiger partial charge is 0.334 e. The minimum absolute atomic E-state index is 0.167. The summed E-state index contributed by atoms with van der Waals surface area (Å²) < 4.78 is 27.7. The van der Waals surface area contributed by atoms with Crippen LogP contribution in [0.5, 0.6) is 0 Å². The van der Waals surface area contributed by atoms with Crippen molar-refractivity contribution in [3.05, 3.63) is 71.3 Å². The molecule has 10 heteroatoms. The first kappa shape index (κ1) is 20.9. The molecule has 3 rings (SSSR count). The van der Waals surface area contributed by atoms with Crippen LogP contribution in [0.1, 0.15) is 18.1 Å². The summed E-state index contributed by atoms with van der Waals surface area (Å²) in [5.74, 6) is -3.55. The van der Waals surface area contributed by atoms with Crippen molar-refractivity contribution < 1.29 is 28.0 Å². The Morgan fingerprint density at radius 3 is 2.50 bits per heavy atom. The monoisotopic (exact) mass is 416 g/mol. The molecule has 0 spiro atoms. The molecule has 1 fully saturated rings. The van der Waals surface area contributed by atoms with E-state index in [4.69, 9.17) is 0 Å². The smallest absolute Gasteiger partial charge is 0.325 e. The van der Waals surface area contributed by atoms with E-state index in [9.17, 15) is 28.0 Å². The highest BCUT2D eigenvalue weighted by Crippen LogP contribution is 2.31. The molecule has 0 radical (unpaired) electrons. The summed E-state index contributed by atoms with van der Waals surface area (Å²) in [6.45, 7) is 0.603. The lowest BCUT2D eigenvalue weighted by Gasteiger charge is -2.22. The van der Waals surface area contributed by atoms with Gasteiger partial charge in [0.15, 0.2) is 0 Å². The molecule has 1 saturated heterocycles. The molecule has 2 aromatic carbocycles. The summed E-state index contributed by atoms with van der Waals surface area (Å²) in [5.41, 5.74) is -1.45. The number of nitrogens with one attached hydrogen (secondary N) is 3. The highest BCUT2D eigenvalue weighted by atomic mass is 19.1. The van der Waals surface area contributed by atoms with Gasteiger partial charge in [-0.3, -0.25) is 19.8 Å². The first-order valence-corrected chi connectivity index (χ1v) is 8.92. The maximum Gasteiger partial charge on any atom is 0.325 e. The molecule has 1 atom stereocenters. The number of carbonyl (C=O) groups is 4. The normalized spacial score (nSPS) is 18.2. The molecule has 0 bridgehead atoms. The second kappa shape index (κ2) is 8.27. The van der Waals surface area contributed by atoms with Gasteiger partial charge in [0, 0.05) is 12.1 Å². The van der Waals surface area contributed by atoms with Crippen molar-refractivity contribution in [1.29, 1.82) is 0 Å².